The summed E-state index contributed by atoms with van der Waals surface area (Å²) >= 11 is 0. The molecule has 6 heteroatoms. The quantitative estimate of drug-likeness (QED) is 0.778. The van der Waals surface area contributed by atoms with Gasteiger partial charge in [-0.3, -0.25) is 9.59 Å². The third-order valence-corrected chi connectivity index (χ3v) is 4.80. The van der Waals surface area contributed by atoms with Gasteiger partial charge in [0.1, 0.15) is 5.82 Å². The molecule has 27 heavy (non-hydrogen) atoms. The first-order valence-electron chi connectivity index (χ1n) is 9.36. The van der Waals surface area contributed by atoms with Gasteiger partial charge in [-0.2, -0.15) is 0 Å². The standard InChI is InChI=1S/C21H26N4O2/c1-17(2)25(16-18-8-4-3-5-9-18)21(27)20(26)24-14-12-23(13-15-24)19-10-6-7-11-22-19/h3-11,17H,12-16H2,1-2H3. The predicted molar refractivity (Wildman–Crippen MR) is 105 cm³/mol. The summed E-state index contributed by atoms with van der Waals surface area (Å²) in [6.07, 6.45) is 1.76. The molecule has 0 spiro atoms. The minimum absolute atomic E-state index is 0.0449. The van der Waals surface area contributed by atoms with Crippen LogP contribution in [0.3, 0.4) is 0 Å². The third kappa shape index (κ3) is 4.64. The lowest BCUT2D eigenvalue weighted by Crippen LogP contribution is -2.54. The molecule has 0 unspecified atom stereocenters. The second-order valence-corrected chi connectivity index (χ2v) is 6.98. The molecule has 2 amide bonds. The Morgan fingerprint density at radius 2 is 1.67 bits per heavy atom. The summed E-state index contributed by atoms with van der Waals surface area (Å²) in [7, 11) is 0. The zero-order valence-corrected chi connectivity index (χ0v) is 15.9. The predicted octanol–water partition coefficient (Wildman–Crippen LogP) is 2.17. The highest BCUT2D eigenvalue weighted by Crippen LogP contribution is 2.14. The SMILES string of the molecule is CC(C)N(Cc1ccccc1)C(=O)C(=O)N1CCN(c2ccccn2)CC1. The molecule has 0 saturated carbocycles. The lowest BCUT2D eigenvalue weighted by molar-refractivity contribution is -0.153. The van der Waals surface area contributed by atoms with E-state index < -0.39 is 11.8 Å². The smallest absolute Gasteiger partial charge is 0.312 e. The number of hydrogen-bond donors (Lipinski definition) is 0. The summed E-state index contributed by atoms with van der Waals surface area (Å²) in [6.45, 7) is 6.72. The van der Waals surface area contributed by atoms with Gasteiger partial charge in [0.05, 0.1) is 0 Å². The molecule has 0 aliphatic carbocycles. The summed E-state index contributed by atoms with van der Waals surface area (Å²) in [5.41, 5.74) is 1.02. The topological polar surface area (TPSA) is 56.8 Å². The minimum Gasteiger partial charge on any atom is -0.353 e. The molecule has 1 aromatic heterocycles. The number of aromatic nitrogens is 1. The number of pyridine rings is 1. The number of anilines is 1. The highest BCUT2D eigenvalue weighted by atomic mass is 16.2. The van der Waals surface area contributed by atoms with E-state index in [-0.39, 0.29) is 6.04 Å². The molecule has 1 fully saturated rings. The van der Waals surface area contributed by atoms with E-state index in [1.165, 1.54) is 0 Å². The molecule has 1 aromatic carbocycles. The van der Waals surface area contributed by atoms with Crippen molar-refractivity contribution in [3.63, 3.8) is 0 Å². The molecular formula is C21H26N4O2. The van der Waals surface area contributed by atoms with E-state index in [0.29, 0.717) is 32.7 Å². The van der Waals surface area contributed by atoms with Crippen LogP contribution in [0.25, 0.3) is 0 Å². The van der Waals surface area contributed by atoms with Crippen LogP contribution >= 0.6 is 0 Å². The van der Waals surface area contributed by atoms with Gasteiger partial charge in [0.15, 0.2) is 0 Å². The summed E-state index contributed by atoms with van der Waals surface area (Å²) in [5, 5.41) is 0. The Balaban J connectivity index is 1.61. The van der Waals surface area contributed by atoms with Crippen LogP contribution in [0.2, 0.25) is 0 Å². The molecule has 6 nitrogen and oxygen atoms in total. The zero-order chi connectivity index (χ0) is 19.2. The number of benzene rings is 1. The molecular weight excluding hydrogens is 340 g/mol. The van der Waals surface area contributed by atoms with Gasteiger partial charge in [0.2, 0.25) is 0 Å². The van der Waals surface area contributed by atoms with Gasteiger partial charge < -0.3 is 14.7 Å². The average Bonchev–Trinajstić information content (AvgIpc) is 2.72. The Hall–Kier alpha value is -2.89. The van der Waals surface area contributed by atoms with Crippen LogP contribution in [0.5, 0.6) is 0 Å². The van der Waals surface area contributed by atoms with Crippen LogP contribution in [-0.2, 0) is 16.1 Å². The Bertz CT molecular complexity index is 756. The molecule has 3 rings (SSSR count). The number of piperazine rings is 1. The third-order valence-electron chi connectivity index (χ3n) is 4.80. The maximum absolute atomic E-state index is 12.8. The number of carbonyl (C=O) groups excluding carboxylic acids is 2. The van der Waals surface area contributed by atoms with Gasteiger partial charge >= 0.3 is 11.8 Å². The fourth-order valence-electron chi connectivity index (χ4n) is 3.21. The molecule has 0 N–H and O–H groups in total. The van der Waals surface area contributed by atoms with Crippen LogP contribution in [-0.4, -0.2) is 58.8 Å². The summed E-state index contributed by atoms with van der Waals surface area (Å²) in [6, 6.07) is 15.5. The van der Waals surface area contributed by atoms with Crippen molar-refractivity contribution in [2.45, 2.75) is 26.4 Å². The largest absolute Gasteiger partial charge is 0.353 e. The maximum Gasteiger partial charge on any atom is 0.312 e. The van der Waals surface area contributed by atoms with Crippen molar-refractivity contribution in [2.75, 3.05) is 31.1 Å². The Kier molecular flexibility index (Phi) is 6.06. The summed E-state index contributed by atoms with van der Waals surface area (Å²) in [4.78, 5) is 35.4. The van der Waals surface area contributed by atoms with Gasteiger partial charge in [-0.15, -0.1) is 0 Å². The van der Waals surface area contributed by atoms with E-state index in [2.05, 4.69) is 9.88 Å². The number of nitrogens with zero attached hydrogens (tertiary/aromatic N) is 4. The second kappa shape index (κ2) is 8.66. The maximum atomic E-state index is 12.8. The fraction of sp³-hybridized carbons (Fsp3) is 0.381. The van der Waals surface area contributed by atoms with Crippen LogP contribution in [0.4, 0.5) is 5.82 Å². The Morgan fingerprint density at radius 3 is 2.26 bits per heavy atom. The van der Waals surface area contributed by atoms with E-state index in [1.807, 2.05) is 62.4 Å². The summed E-state index contributed by atoms with van der Waals surface area (Å²) in [5.74, 6) is 0.0595. The van der Waals surface area contributed by atoms with Crippen molar-refractivity contribution in [1.82, 2.24) is 14.8 Å². The second-order valence-electron chi connectivity index (χ2n) is 6.98. The molecule has 142 valence electrons. The Morgan fingerprint density at radius 1 is 1.00 bits per heavy atom. The van der Waals surface area contributed by atoms with Gasteiger partial charge in [0, 0.05) is 45.0 Å². The van der Waals surface area contributed by atoms with Crippen molar-refractivity contribution in [3.8, 4) is 0 Å². The number of carbonyl (C=O) groups is 2. The lowest BCUT2D eigenvalue weighted by atomic mass is 10.2. The highest BCUT2D eigenvalue weighted by molar-refractivity contribution is 6.35. The van der Waals surface area contributed by atoms with Crippen molar-refractivity contribution in [3.05, 3.63) is 60.3 Å². The monoisotopic (exact) mass is 366 g/mol. The first-order valence-corrected chi connectivity index (χ1v) is 9.36. The molecule has 0 bridgehead atoms. The van der Waals surface area contributed by atoms with Crippen molar-refractivity contribution < 1.29 is 9.59 Å². The van der Waals surface area contributed by atoms with E-state index >= 15 is 0 Å². The van der Waals surface area contributed by atoms with E-state index in [0.717, 1.165) is 11.4 Å². The first kappa shape index (κ1) is 18.9. The molecule has 2 heterocycles. The van der Waals surface area contributed by atoms with Gasteiger partial charge in [0.25, 0.3) is 0 Å². The van der Waals surface area contributed by atoms with Gasteiger partial charge in [-0.1, -0.05) is 36.4 Å². The lowest BCUT2D eigenvalue weighted by Gasteiger charge is -2.36. The van der Waals surface area contributed by atoms with E-state index in [1.54, 1.807) is 16.0 Å². The van der Waals surface area contributed by atoms with Crippen LogP contribution in [0, 0.1) is 0 Å². The molecule has 0 radical (unpaired) electrons. The van der Waals surface area contributed by atoms with E-state index in [9.17, 15) is 9.59 Å². The van der Waals surface area contributed by atoms with E-state index in [4.69, 9.17) is 0 Å². The molecule has 1 saturated heterocycles. The molecule has 0 atom stereocenters. The fourth-order valence-corrected chi connectivity index (χ4v) is 3.21. The zero-order valence-electron chi connectivity index (χ0n) is 15.9. The van der Waals surface area contributed by atoms with Crippen LogP contribution < -0.4 is 4.90 Å². The average molecular weight is 366 g/mol. The minimum atomic E-state index is -0.430. The Labute approximate surface area is 160 Å². The number of amides is 2. The van der Waals surface area contributed by atoms with Gasteiger partial charge in [-0.25, -0.2) is 4.98 Å². The molecule has 2 aromatic rings. The highest BCUT2D eigenvalue weighted by Gasteiger charge is 2.31. The molecule has 1 aliphatic heterocycles. The van der Waals surface area contributed by atoms with Gasteiger partial charge in [-0.05, 0) is 31.5 Å². The summed E-state index contributed by atoms with van der Waals surface area (Å²) < 4.78 is 0. The molecule has 1 aliphatic rings. The van der Waals surface area contributed by atoms with Crippen LogP contribution in [0.15, 0.2) is 54.7 Å². The number of rotatable bonds is 4. The van der Waals surface area contributed by atoms with Crippen molar-refractivity contribution in [1.29, 1.82) is 0 Å². The van der Waals surface area contributed by atoms with Crippen molar-refractivity contribution >= 4 is 17.6 Å². The normalized spacial score (nSPS) is 14.3. The van der Waals surface area contributed by atoms with Crippen LogP contribution in [0.1, 0.15) is 19.4 Å². The number of hydrogen-bond acceptors (Lipinski definition) is 4. The first-order chi connectivity index (χ1) is 13.1. The van der Waals surface area contributed by atoms with Crippen molar-refractivity contribution in [2.24, 2.45) is 0 Å².